The summed E-state index contributed by atoms with van der Waals surface area (Å²) >= 11 is 0. The maximum atomic E-state index is 9.73. The summed E-state index contributed by atoms with van der Waals surface area (Å²) in [4.78, 5) is 21.0. The quantitative estimate of drug-likeness (QED) is 0.0568. The molecule has 0 N–H and O–H groups in total. The Bertz CT molecular complexity index is 510. The summed E-state index contributed by atoms with van der Waals surface area (Å²) in [6.45, 7) is 6.12. The van der Waals surface area contributed by atoms with E-state index in [0.717, 1.165) is 64.1 Å². The normalized spacial score (nSPS) is 8.42. The molecule has 6 nitrogen and oxygen atoms in total. The predicted octanol–water partition coefficient (Wildman–Crippen LogP) is -3.22. The standard InChI is InChI=1S/C11H17N.C7H12O.C5H9N.CH2O3.BrH.2K.H/c1-2-3-4-5-6-7-8-9-10-11-12;1-2-3-4-5-6-7-8;1-2-3-4-5-6;2-1-4-3;;;;/h3-4,7-8H,2,5-6,9-10H2,1H3;3-4,7H,2,5-6H2,1H3;2-4H2,1H3;1,3H;1H;;;/q;;;;;2*+1;-1/p-2/b4-3-,8-7-;4-3-;;;;;;. The second-order valence-corrected chi connectivity index (χ2v) is 5.70. The first-order valence-corrected chi connectivity index (χ1v) is 10.5. The van der Waals surface area contributed by atoms with E-state index in [0.29, 0.717) is 12.8 Å². The number of hydrogen-bond acceptors (Lipinski definition) is 6. The summed E-state index contributed by atoms with van der Waals surface area (Å²) in [6, 6.07) is 4.18. The number of carbonyl (C=O) groups excluding carboxylic acids is 2. The maximum Gasteiger partial charge on any atom is 1.00 e. The van der Waals surface area contributed by atoms with Crippen molar-refractivity contribution < 1.29 is 141 Å². The van der Waals surface area contributed by atoms with Crippen LogP contribution < -0.4 is 125 Å². The Balaban J connectivity index is -0.0000000454. The van der Waals surface area contributed by atoms with Gasteiger partial charge < -0.3 is 33.3 Å². The van der Waals surface area contributed by atoms with E-state index in [2.05, 4.69) is 68.2 Å². The molecule has 0 aliphatic rings. The van der Waals surface area contributed by atoms with Gasteiger partial charge in [-0.15, -0.1) is 0 Å². The van der Waals surface area contributed by atoms with Crippen molar-refractivity contribution in [3.8, 4) is 12.1 Å². The number of aldehydes is 1. The molecule has 0 aromatic carbocycles. The van der Waals surface area contributed by atoms with Gasteiger partial charge in [0.2, 0.25) is 0 Å². The zero-order valence-corrected chi connectivity index (χ0v) is 29.1. The van der Waals surface area contributed by atoms with Crippen molar-refractivity contribution in [3.63, 3.8) is 0 Å². The molecule has 0 bridgehead atoms. The number of nitriles is 2. The monoisotopic (exact) mass is 577 g/mol. The average molecular weight is 579 g/mol. The Kier molecular flexibility index (Phi) is 98.4. The van der Waals surface area contributed by atoms with E-state index in [1.54, 1.807) is 0 Å². The van der Waals surface area contributed by atoms with Gasteiger partial charge in [0, 0.05) is 19.3 Å². The molecule has 0 aromatic heterocycles. The number of unbranched alkanes of at least 4 members (excludes halogenated alkanes) is 5. The van der Waals surface area contributed by atoms with Crippen LogP contribution in [0.25, 0.3) is 0 Å². The molecule has 0 rings (SSSR count). The van der Waals surface area contributed by atoms with Crippen LogP contribution in [0.3, 0.4) is 0 Å². The van der Waals surface area contributed by atoms with Gasteiger partial charge in [-0.25, -0.2) is 0 Å². The molecule has 0 fully saturated rings. The van der Waals surface area contributed by atoms with Gasteiger partial charge in [-0.05, 0) is 44.9 Å². The van der Waals surface area contributed by atoms with E-state index in [1.165, 1.54) is 0 Å². The first kappa shape index (κ1) is 50.8. The molecule has 0 spiro atoms. The van der Waals surface area contributed by atoms with Crippen LogP contribution in [-0.2, 0) is 14.5 Å². The molecule has 9 heteroatoms. The Morgan fingerprint density at radius 2 is 1.15 bits per heavy atom. The zero-order valence-electron chi connectivity index (χ0n) is 22.3. The molecular weight excluding hydrogens is 538 g/mol. The van der Waals surface area contributed by atoms with Gasteiger partial charge in [0.25, 0.3) is 6.47 Å². The number of halogens is 1. The second kappa shape index (κ2) is 63.9. The fourth-order valence-electron chi connectivity index (χ4n) is 1.57. The van der Waals surface area contributed by atoms with Crippen molar-refractivity contribution in [1.29, 1.82) is 10.5 Å². The summed E-state index contributed by atoms with van der Waals surface area (Å²) in [5.41, 5.74) is 0. The van der Waals surface area contributed by atoms with Crippen molar-refractivity contribution in [2.75, 3.05) is 0 Å². The number of rotatable bonds is 13. The number of carbonyl (C=O) groups is 2. The minimum Gasteiger partial charge on any atom is -1.00 e. The summed E-state index contributed by atoms with van der Waals surface area (Å²) < 4.78 is 0. The van der Waals surface area contributed by atoms with Gasteiger partial charge in [-0.1, -0.05) is 63.6 Å². The van der Waals surface area contributed by atoms with Crippen molar-refractivity contribution in [2.24, 2.45) is 0 Å². The summed E-state index contributed by atoms with van der Waals surface area (Å²) in [7, 11) is 0. The Hall–Kier alpha value is 1.05. The van der Waals surface area contributed by atoms with Crippen LogP contribution in [-0.4, -0.2) is 12.8 Å². The number of nitrogens with zero attached hydrogens (tertiary/aromatic N) is 2. The van der Waals surface area contributed by atoms with E-state index in [9.17, 15) is 4.79 Å². The largest absolute Gasteiger partial charge is 1.00 e. The van der Waals surface area contributed by atoms with Crippen LogP contribution in [0.2, 0.25) is 0 Å². The van der Waals surface area contributed by atoms with Crippen molar-refractivity contribution in [2.45, 2.75) is 91.4 Å². The molecular formula is C24H40BrK2N2O4-. The summed E-state index contributed by atoms with van der Waals surface area (Å²) in [6.07, 6.45) is 24.1. The zero-order chi connectivity index (χ0) is 23.6. The SMILES string of the molecule is CC/C=C\CC/C=C\CCC#N.CC/C=C\CCC=O.CCCCC#N.O=CO[O-].[Br-].[H-].[K+].[K+]. The van der Waals surface area contributed by atoms with Gasteiger partial charge in [-0.2, -0.15) is 10.5 Å². The molecule has 33 heavy (non-hydrogen) atoms. The van der Waals surface area contributed by atoms with Crippen molar-refractivity contribution in [3.05, 3.63) is 36.5 Å². The molecule has 0 atom stereocenters. The number of allylic oxidation sites excluding steroid dienone is 6. The van der Waals surface area contributed by atoms with Gasteiger partial charge in [0.1, 0.15) is 6.29 Å². The first-order valence-electron chi connectivity index (χ1n) is 10.5. The van der Waals surface area contributed by atoms with Crippen molar-refractivity contribution >= 4 is 12.8 Å². The Labute approximate surface area is 299 Å². The van der Waals surface area contributed by atoms with Gasteiger partial charge in [-0.3, -0.25) is 4.79 Å². The minimum atomic E-state index is -0.181. The topological polar surface area (TPSA) is 114 Å². The summed E-state index contributed by atoms with van der Waals surface area (Å²) in [5.74, 6) is 0. The second-order valence-electron chi connectivity index (χ2n) is 5.70. The number of hydrogen-bond donors (Lipinski definition) is 0. The third kappa shape index (κ3) is 87.8. The van der Waals surface area contributed by atoms with E-state index >= 15 is 0 Å². The smallest absolute Gasteiger partial charge is 1.00 e. The third-order valence-corrected chi connectivity index (χ3v) is 3.03. The van der Waals surface area contributed by atoms with Gasteiger partial charge in [0.05, 0.1) is 12.1 Å². The average Bonchev–Trinajstić information content (AvgIpc) is 2.78. The molecule has 0 radical (unpaired) electrons. The minimum absolute atomic E-state index is 0. The molecule has 0 heterocycles. The van der Waals surface area contributed by atoms with Crippen LogP contribution in [0.1, 0.15) is 92.8 Å². The first-order chi connectivity index (χ1) is 14.7. The molecule has 0 amide bonds. The van der Waals surface area contributed by atoms with Crippen LogP contribution in [0.4, 0.5) is 0 Å². The maximum absolute atomic E-state index is 9.73. The van der Waals surface area contributed by atoms with E-state index in [-0.39, 0.29) is 128 Å². The van der Waals surface area contributed by atoms with Crippen LogP contribution in [0, 0.1) is 22.7 Å². The van der Waals surface area contributed by atoms with Crippen LogP contribution in [0.5, 0.6) is 0 Å². The predicted molar refractivity (Wildman–Crippen MR) is 121 cm³/mol. The molecule has 0 aliphatic carbocycles. The molecule has 0 saturated heterocycles. The van der Waals surface area contributed by atoms with E-state index < -0.39 is 0 Å². The fourth-order valence-corrected chi connectivity index (χ4v) is 1.57. The third-order valence-electron chi connectivity index (χ3n) is 3.03. The molecule has 0 unspecified atom stereocenters. The molecule has 0 aliphatic heterocycles. The molecule has 180 valence electrons. The van der Waals surface area contributed by atoms with E-state index in [1.807, 2.05) is 6.08 Å². The van der Waals surface area contributed by atoms with Crippen LogP contribution >= 0.6 is 0 Å². The fraction of sp³-hybridized carbons (Fsp3) is 0.583. The van der Waals surface area contributed by atoms with E-state index in [4.69, 9.17) is 20.6 Å². The van der Waals surface area contributed by atoms with Crippen molar-refractivity contribution in [1.82, 2.24) is 0 Å². The molecule has 0 aromatic rings. The Morgan fingerprint density at radius 1 is 0.758 bits per heavy atom. The molecule has 0 saturated carbocycles. The van der Waals surface area contributed by atoms with Gasteiger partial charge in [0.15, 0.2) is 0 Å². The Morgan fingerprint density at radius 3 is 1.45 bits per heavy atom. The van der Waals surface area contributed by atoms with Gasteiger partial charge >= 0.3 is 103 Å². The summed E-state index contributed by atoms with van der Waals surface area (Å²) in [5, 5.41) is 24.6. The van der Waals surface area contributed by atoms with Crippen LogP contribution in [0.15, 0.2) is 36.5 Å².